The molecular weight excluding hydrogens is 226 g/mol. The maximum atomic E-state index is 11.6. The van der Waals surface area contributed by atoms with Crippen LogP contribution < -0.4 is 5.32 Å². The molecule has 0 aromatic rings. The molecule has 0 saturated heterocycles. The Morgan fingerprint density at radius 1 is 1.50 bits per heavy atom. The van der Waals surface area contributed by atoms with Crippen LogP contribution in [0.5, 0.6) is 0 Å². The number of hydrogen-bond acceptors (Lipinski definition) is 4. The van der Waals surface area contributed by atoms with E-state index in [4.69, 9.17) is 9.84 Å². The van der Waals surface area contributed by atoms with Gasteiger partial charge in [0.1, 0.15) is 0 Å². The number of nitrogens with one attached hydrogen (secondary N) is 1. The summed E-state index contributed by atoms with van der Waals surface area (Å²) in [6.07, 6.45) is 3.22. The molecule has 5 heteroatoms. The summed E-state index contributed by atoms with van der Waals surface area (Å²) in [6.45, 7) is 3.93. The van der Waals surface area contributed by atoms with Crippen LogP contribution in [0.4, 0.5) is 0 Å². The molecule has 0 spiro atoms. The molecule has 1 amide bonds. The topological polar surface area (TPSA) is 58.6 Å². The molecule has 0 aliphatic rings. The number of carbonyl (C=O) groups excluding carboxylic acids is 1. The summed E-state index contributed by atoms with van der Waals surface area (Å²) in [5.74, 6) is 0.0175. The third-order valence-electron chi connectivity index (χ3n) is 2.61. The standard InChI is InChI=1S/C11H23NO3S/c1-8(15-3)5-6-11(14)12-9(2)10(7-13)16-4/h8-10,13H,5-7H2,1-4H3,(H,12,14). The molecule has 0 rings (SSSR count). The molecular formula is C11H23NO3S. The van der Waals surface area contributed by atoms with Crippen LogP contribution in [0.15, 0.2) is 0 Å². The Bertz CT molecular complexity index is 198. The van der Waals surface area contributed by atoms with E-state index in [9.17, 15) is 4.79 Å². The van der Waals surface area contributed by atoms with Gasteiger partial charge < -0.3 is 15.2 Å². The van der Waals surface area contributed by atoms with E-state index in [2.05, 4.69) is 5.32 Å². The monoisotopic (exact) mass is 249 g/mol. The number of thioether (sulfide) groups is 1. The van der Waals surface area contributed by atoms with Gasteiger partial charge in [0, 0.05) is 24.8 Å². The summed E-state index contributed by atoms with van der Waals surface area (Å²) in [5, 5.41) is 12.0. The quantitative estimate of drug-likeness (QED) is 0.674. The smallest absolute Gasteiger partial charge is 0.220 e. The first-order chi connectivity index (χ1) is 7.54. The summed E-state index contributed by atoms with van der Waals surface area (Å²) < 4.78 is 5.07. The summed E-state index contributed by atoms with van der Waals surface area (Å²) in [5.41, 5.74) is 0. The molecule has 0 aromatic heterocycles. The van der Waals surface area contributed by atoms with Gasteiger partial charge in [0.05, 0.1) is 12.7 Å². The number of hydrogen-bond donors (Lipinski definition) is 2. The van der Waals surface area contributed by atoms with Crippen LogP contribution in [0.3, 0.4) is 0 Å². The zero-order valence-corrected chi connectivity index (χ0v) is 11.3. The lowest BCUT2D eigenvalue weighted by Gasteiger charge is -2.21. The van der Waals surface area contributed by atoms with Crippen LogP contribution in [0, 0.1) is 0 Å². The predicted molar refractivity (Wildman–Crippen MR) is 67.7 cm³/mol. The van der Waals surface area contributed by atoms with E-state index in [1.165, 1.54) is 0 Å². The molecule has 0 aliphatic carbocycles. The molecule has 4 nitrogen and oxygen atoms in total. The molecule has 2 N–H and O–H groups in total. The Balaban J connectivity index is 3.86. The molecule has 0 heterocycles. The molecule has 0 aliphatic heterocycles. The molecule has 3 atom stereocenters. The molecule has 96 valence electrons. The Labute approximate surface area is 102 Å². The predicted octanol–water partition coefficient (Wildman–Crippen LogP) is 1.03. The van der Waals surface area contributed by atoms with Crippen molar-refractivity contribution in [1.29, 1.82) is 0 Å². The van der Waals surface area contributed by atoms with Crippen molar-refractivity contribution in [2.24, 2.45) is 0 Å². The number of carbonyl (C=O) groups is 1. The lowest BCUT2D eigenvalue weighted by molar-refractivity contribution is -0.122. The van der Waals surface area contributed by atoms with Gasteiger partial charge in [-0.05, 0) is 26.5 Å². The third kappa shape index (κ3) is 6.35. The van der Waals surface area contributed by atoms with Gasteiger partial charge in [-0.1, -0.05) is 0 Å². The Kier molecular flexibility index (Phi) is 8.70. The van der Waals surface area contributed by atoms with Gasteiger partial charge in [0.25, 0.3) is 0 Å². The van der Waals surface area contributed by atoms with Gasteiger partial charge in [0.2, 0.25) is 5.91 Å². The van der Waals surface area contributed by atoms with Crippen molar-refractivity contribution in [1.82, 2.24) is 5.32 Å². The summed E-state index contributed by atoms with van der Waals surface area (Å²) >= 11 is 1.56. The SMILES string of the molecule is COC(C)CCC(=O)NC(C)C(CO)SC. The van der Waals surface area contributed by atoms with Crippen LogP contribution in [-0.2, 0) is 9.53 Å². The fourth-order valence-corrected chi connectivity index (χ4v) is 1.93. The first kappa shape index (κ1) is 15.7. The zero-order valence-electron chi connectivity index (χ0n) is 10.5. The van der Waals surface area contributed by atoms with E-state index in [-0.39, 0.29) is 29.9 Å². The van der Waals surface area contributed by atoms with Crippen molar-refractivity contribution in [2.75, 3.05) is 20.0 Å². The van der Waals surface area contributed by atoms with Crippen molar-refractivity contribution in [3.8, 4) is 0 Å². The second-order valence-electron chi connectivity index (χ2n) is 3.90. The number of rotatable bonds is 8. The highest BCUT2D eigenvalue weighted by Gasteiger charge is 2.17. The lowest BCUT2D eigenvalue weighted by Crippen LogP contribution is -2.41. The van der Waals surface area contributed by atoms with Gasteiger partial charge in [-0.2, -0.15) is 11.8 Å². The van der Waals surface area contributed by atoms with Gasteiger partial charge in [-0.3, -0.25) is 4.79 Å². The maximum Gasteiger partial charge on any atom is 0.220 e. The minimum Gasteiger partial charge on any atom is -0.395 e. The summed E-state index contributed by atoms with van der Waals surface area (Å²) in [4.78, 5) is 11.6. The second kappa shape index (κ2) is 8.84. The average Bonchev–Trinajstić information content (AvgIpc) is 2.27. The van der Waals surface area contributed by atoms with Crippen LogP contribution in [0.1, 0.15) is 26.7 Å². The summed E-state index contributed by atoms with van der Waals surface area (Å²) in [7, 11) is 1.64. The van der Waals surface area contributed by atoms with Gasteiger partial charge >= 0.3 is 0 Å². The van der Waals surface area contributed by atoms with Gasteiger partial charge in [-0.15, -0.1) is 0 Å². The van der Waals surface area contributed by atoms with Crippen LogP contribution in [-0.4, -0.2) is 48.4 Å². The van der Waals surface area contributed by atoms with E-state index < -0.39 is 0 Å². The van der Waals surface area contributed by atoms with Crippen molar-refractivity contribution < 1.29 is 14.6 Å². The Hall–Kier alpha value is -0.260. The second-order valence-corrected chi connectivity index (χ2v) is 4.97. The van der Waals surface area contributed by atoms with Crippen LogP contribution in [0.2, 0.25) is 0 Å². The number of aliphatic hydroxyl groups excluding tert-OH is 1. The Morgan fingerprint density at radius 3 is 2.56 bits per heavy atom. The van der Waals surface area contributed by atoms with Crippen molar-refractivity contribution in [3.63, 3.8) is 0 Å². The van der Waals surface area contributed by atoms with E-state index in [0.717, 1.165) is 6.42 Å². The average molecular weight is 249 g/mol. The first-order valence-electron chi connectivity index (χ1n) is 5.51. The van der Waals surface area contributed by atoms with E-state index >= 15 is 0 Å². The number of amides is 1. The van der Waals surface area contributed by atoms with Crippen LogP contribution >= 0.6 is 11.8 Å². The molecule has 3 unspecified atom stereocenters. The highest BCUT2D eigenvalue weighted by molar-refractivity contribution is 7.99. The largest absolute Gasteiger partial charge is 0.395 e. The van der Waals surface area contributed by atoms with Gasteiger partial charge in [-0.25, -0.2) is 0 Å². The van der Waals surface area contributed by atoms with E-state index in [1.54, 1.807) is 18.9 Å². The number of methoxy groups -OCH3 is 1. The molecule has 0 radical (unpaired) electrons. The molecule has 0 bridgehead atoms. The lowest BCUT2D eigenvalue weighted by atomic mass is 10.2. The van der Waals surface area contributed by atoms with Crippen molar-refractivity contribution in [3.05, 3.63) is 0 Å². The molecule has 0 saturated carbocycles. The number of ether oxygens (including phenoxy) is 1. The highest BCUT2D eigenvalue weighted by atomic mass is 32.2. The van der Waals surface area contributed by atoms with E-state index in [0.29, 0.717) is 6.42 Å². The maximum absolute atomic E-state index is 11.6. The fourth-order valence-electron chi connectivity index (χ4n) is 1.31. The molecule has 0 fully saturated rings. The fraction of sp³-hybridized carbons (Fsp3) is 0.909. The van der Waals surface area contributed by atoms with Crippen LogP contribution in [0.25, 0.3) is 0 Å². The Morgan fingerprint density at radius 2 is 2.12 bits per heavy atom. The zero-order chi connectivity index (χ0) is 12.6. The normalized spacial score (nSPS) is 16.6. The first-order valence-corrected chi connectivity index (χ1v) is 6.79. The molecule has 16 heavy (non-hydrogen) atoms. The van der Waals surface area contributed by atoms with Crippen molar-refractivity contribution in [2.45, 2.75) is 44.1 Å². The number of aliphatic hydroxyl groups is 1. The minimum absolute atomic E-state index is 0.00893. The third-order valence-corrected chi connectivity index (χ3v) is 3.77. The van der Waals surface area contributed by atoms with Gasteiger partial charge in [0.15, 0.2) is 0 Å². The van der Waals surface area contributed by atoms with E-state index in [1.807, 2.05) is 20.1 Å². The van der Waals surface area contributed by atoms with Crippen molar-refractivity contribution >= 4 is 17.7 Å². The summed E-state index contributed by atoms with van der Waals surface area (Å²) in [6, 6.07) is -0.00893. The molecule has 0 aromatic carbocycles. The highest BCUT2D eigenvalue weighted by Crippen LogP contribution is 2.10. The minimum atomic E-state index is -0.00893.